The van der Waals surface area contributed by atoms with Crippen LogP contribution in [0.1, 0.15) is 32.4 Å². The first-order valence-corrected chi connectivity index (χ1v) is 8.38. The van der Waals surface area contributed by atoms with Crippen LogP contribution >= 0.6 is 0 Å². The molecular weight excluding hydrogens is 353 g/mol. The van der Waals surface area contributed by atoms with E-state index >= 15 is 0 Å². The summed E-state index contributed by atoms with van der Waals surface area (Å²) in [5.41, 5.74) is 0.461. The first kappa shape index (κ1) is 20.2. The minimum atomic E-state index is -1.01. The maximum absolute atomic E-state index is 13.6. The molecule has 0 aliphatic heterocycles. The molecule has 0 saturated carbocycles. The number of carbonyl (C=O) groups excluding carboxylic acids is 2. The van der Waals surface area contributed by atoms with Crippen molar-refractivity contribution in [2.24, 2.45) is 0 Å². The minimum Gasteiger partial charge on any atom is -0.494 e. The second-order valence-corrected chi connectivity index (χ2v) is 6.05. The Morgan fingerprint density at radius 2 is 2.00 bits per heavy atom. The predicted octanol–water partition coefficient (Wildman–Crippen LogP) is 3.20. The van der Waals surface area contributed by atoms with E-state index in [-0.39, 0.29) is 11.8 Å². The summed E-state index contributed by atoms with van der Waals surface area (Å²) in [6.07, 6.45) is 3.08. The van der Waals surface area contributed by atoms with Crippen LogP contribution in [0.3, 0.4) is 0 Å². The van der Waals surface area contributed by atoms with Gasteiger partial charge in [-0.25, -0.2) is 13.9 Å². The van der Waals surface area contributed by atoms with E-state index < -0.39 is 23.8 Å². The predicted molar refractivity (Wildman–Crippen MR) is 98.8 cm³/mol. The van der Waals surface area contributed by atoms with Crippen LogP contribution in [0, 0.1) is 5.82 Å². The van der Waals surface area contributed by atoms with Crippen LogP contribution < -0.4 is 10.1 Å². The van der Waals surface area contributed by atoms with Gasteiger partial charge in [-0.3, -0.25) is 4.79 Å². The van der Waals surface area contributed by atoms with Crippen molar-refractivity contribution in [2.75, 3.05) is 12.4 Å². The maximum atomic E-state index is 13.6. The van der Waals surface area contributed by atoms with E-state index in [2.05, 4.69) is 10.4 Å². The van der Waals surface area contributed by atoms with Crippen molar-refractivity contribution in [1.29, 1.82) is 0 Å². The van der Waals surface area contributed by atoms with Crippen LogP contribution in [0.2, 0.25) is 0 Å². The molecule has 8 heteroatoms. The molecular formula is C19H22FN3O4. The Kier molecular flexibility index (Phi) is 6.70. The van der Waals surface area contributed by atoms with Crippen LogP contribution in [0.4, 0.5) is 10.2 Å². The highest BCUT2D eigenvalue weighted by Gasteiger charge is 2.18. The Balaban J connectivity index is 1.93. The third-order valence-corrected chi connectivity index (χ3v) is 3.66. The molecule has 1 N–H and O–H groups in total. The zero-order valence-electron chi connectivity index (χ0n) is 15.6. The molecule has 27 heavy (non-hydrogen) atoms. The highest BCUT2D eigenvalue weighted by Crippen LogP contribution is 2.18. The third-order valence-electron chi connectivity index (χ3n) is 3.66. The Bertz CT molecular complexity index is 845. The van der Waals surface area contributed by atoms with E-state index in [0.717, 1.165) is 6.08 Å². The fourth-order valence-corrected chi connectivity index (χ4v) is 2.27. The Morgan fingerprint density at radius 1 is 1.26 bits per heavy atom. The molecule has 0 aliphatic carbocycles. The Hall–Kier alpha value is -3.16. The van der Waals surface area contributed by atoms with Gasteiger partial charge in [0.05, 0.1) is 13.3 Å². The van der Waals surface area contributed by atoms with Crippen LogP contribution in [-0.4, -0.2) is 34.9 Å². The van der Waals surface area contributed by atoms with Crippen molar-refractivity contribution in [3.05, 3.63) is 47.9 Å². The fraction of sp³-hybridized carbons (Fsp3) is 0.316. The van der Waals surface area contributed by atoms with Gasteiger partial charge < -0.3 is 14.8 Å². The lowest BCUT2D eigenvalue weighted by atomic mass is 10.2. The monoisotopic (exact) mass is 375 g/mol. The minimum absolute atomic E-state index is 0.0704. The van der Waals surface area contributed by atoms with Crippen molar-refractivity contribution < 1.29 is 23.5 Å². The highest BCUT2D eigenvalue weighted by atomic mass is 19.1. The standard InChI is InChI=1S/C19H22FN3O4/c1-12(2)23-17(9-10-21-23)22-19(25)13(3)27-18(24)8-6-14-5-7-16(26-4)15(20)11-14/h5-13H,1-4H3,(H,22,25)/b8-6+/t13-/m1/s1. The van der Waals surface area contributed by atoms with Crippen molar-refractivity contribution in [3.8, 4) is 5.75 Å². The van der Waals surface area contributed by atoms with Crippen molar-refractivity contribution in [1.82, 2.24) is 9.78 Å². The molecule has 0 unspecified atom stereocenters. The van der Waals surface area contributed by atoms with Gasteiger partial charge in [0, 0.05) is 18.2 Å². The van der Waals surface area contributed by atoms with Crippen molar-refractivity contribution in [2.45, 2.75) is 32.9 Å². The lowest BCUT2D eigenvalue weighted by Gasteiger charge is -2.15. The van der Waals surface area contributed by atoms with Crippen LogP contribution in [0.5, 0.6) is 5.75 Å². The summed E-state index contributed by atoms with van der Waals surface area (Å²) >= 11 is 0. The molecule has 1 atom stereocenters. The summed E-state index contributed by atoms with van der Waals surface area (Å²) in [7, 11) is 1.37. The number of nitrogens with zero attached hydrogens (tertiary/aromatic N) is 2. The van der Waals surface area contributed by atoms with Crippen molar-refractivity contribution in [3.63, 3.8) is 0 Å². The second kappa shape index (κ2) is 8.98. The number of aromatic nitrogens is 2. The third kappa shape index (κ3) is 5.40. The normalized spacial score (nSPS) is 12.2. The quantitative estimate of drug-likeness (QED) is 0.594. The summed E-state index contributed by atoms with van der Waals surface area (Å²) in [6, 6.07) is 6.00. The molecule has 0 saturated heterocycles. The van der Waals surface area contributed by atoms with Gasteiger partial charge in [0.25, 0.3) is 5.91 Å². The number of rotatable bonds is 7. The molecule has 0 fully saturated rings. The van der Waals surface area contributed by atoms with E-state index in [1.807, 2.05) is 13.8 Å². The number of carbonyl (C=O) groups is 2. The van der Waals surface area contributed by atoms with E-state index in [1.54, 1.807) is 23.0 Å². The largest absolute Gasteiger partial charge is 0.494 e. The number of methoxy groups -OCH3 is 1. The highest BCUT2D eigenvalue weighted by molar-refractivity contribution is 5.96. The van der Waals surface area contributed by atoms with Crippen LogP contribution in [-0.2, 0) is 14.3 Å². The number of hydrogen-bond acceptors (Lipinski definition) is 5. The number of ether oxygens (including phenoxy) is 2. The first-order valence-electron chi connectivity index (χ1n) is 8.38. The number of halogens is 1. The van der Waals surface area contributed by atoms with E-state index in [9.17, 15) is 14.0 Å². The van der Waals surface area contributed by atoms with Crippen LogP contribution in [0.15, 0.2) is 36.5 Å². The van der Waals surface area contributed by atoms with Gasteiger partial charge in [-0.1, -0.05) is 6.07 Å². The SMILES string of the molecule is COc1ccc(/C=C/C(=O)O[C@H](C)C(=O)Nc2ccnn2C(C)C)cc1F. The van der Waals surface area contributed by atoms with Gasteiger partial charge in [-0.2, -0.15) is 5.10 Å². The molecule has 0 spiro atoms. The Labute approximate surface area is 156 Å². The van der Waals surface area contributed by atoms with E-state index in [1.165, 1.54) is 32.2 Å². The zero-order chi connectivity index (χ0) is 20.0. The average molecular weight is 375 g/mol. The number of anilines is 1. The van der Waals surface area contributed by atoms with E-state index in [0.29, 0.717) is 11.4 Å². The molecule has 1 aromatic carbocycles. The molecule has 7 nitrogen and oxygen atoms in total. The Morgan fingerprint density at radius 3 is 2.63 bits per heavy atom. The van der Waals surface area contributed by atoms with Gasteiger partial charge >= 0.3 is 5.97 Å². The van der Waals surface area contributed by atoms with Crippen molar-refractivity contribution >= 4 is 23.8 Å². The molecule has 1 heterocycles. The molecule has 0 aliphatic rings. The van der Waals surface area contributed by atoms with E-state index in [4.69, 9.17) is 9.47 Å². The summed E-state index contributed by atoms with van der Waals surface area (Å²) < 4.78 is 25.2. The number of benzene rings is 1. The summed E-state index contributed by atoms with van der Waals surface area (Å²) in [5.74, 6) is -1.11. The lowest BCUT2D eigenvalue weighted by molar-refractivity contribution is -0.148. The maximum Gasteiger partial charge on any atom is 0.331 e. The molecule has 144 valence electrons. The zero-order valence-corrected chi connectivity index (χ0v) is 15.6. The topological polar surface area (TPSA) is 82.4 Å². The summed E-state index contributed by atoms with van der Waals surface area (Å²) in [6.45, 7) is 5.32. The molecule has 0 radical (unpaired) electrons. The number of hydrogen-bond donors (Lipinski definition) is 1. The smallest absolute Gasteiger partial charge is 0.331 e. The van der Waals surface area contributed by atoms with Gasteiger partial charge in [0.1, 0.15) is 5.82 Å². The average Bonchev–Trinajstić information content (AvgIpc) is 3.08. The van der Waals surface area contributed by atoms with Gasteiger partial charge in [0.2, 0.25) is 0 Å². The molecule has 2 rings (SSSR count). The van der Waals surface area contributed by atoms with Crippen LogP contribution in [0.25, 0.3) is 6.08 Å². The number of nitrogens with one attached hydrogen (secondary N) is 1. The van der Waals surface area contributed by atoms with Gasteiger partial charge in [-0.05, 0) is 44.5 Å². The summed E-state index contributed by atoms with van der Waals surface area (Å²) in [5, 5.41) is 6.78. The second-order valence-electron chi connectivity index (χ2n) is 6.05. The summed E-state index contributed by atoms with van der Waals surface area (Å²) in [4.78, 5) is 24.1. The van der Waals surface area contributed by atoms with Gasteiger partial charge in [-0.15, -0.1) is 0 Å². The molecule has 1 amide bonds. The van der Waals surface area contributed by atoms with Gasteiger partial charge in [0.15, 0.2) is 17.7 Å². The number of amides is 1. The number of esters is 1. The lowest BCUT2D eigenvalue weighted by Crippen LogP contribution is -2.30. The fourth-order valence-electron chi connectivity index (χ4n) is 2.27. The molecule has 0 bridgehead atoms. The molecule has 2 aromatic rings. The first-order chi connectivity index (χ1) is 12.8. The molecule has 1 aromatic heterocycles.